The fourth-order valence-corrected chi connectivity index (χ4v) is 6.22. The molecule has 2 saturated heterocycles. The van der Waals surface area contributed by atoms with Crippen molar-refractivity contribution >= 4 is 29.1 Å². The molecule has 0 aliphatic carbocycles. The van der Waals surface area contributed by atoms with Gasteiger partial charge in [-0.25, -0.2) is 4.79 Å². The van der Waals surface area contributed by atoms with Crippen LogP contribution in [0.25, 0.3) is 0 Å². The van der Waals surface area contributed by atoms with Gasteiger partial charge in [0.05, 0.1) is 17.8 Å². The molecule has 0 radical (unpaired) electrons. The second kappa shape index (κ2) is 4.92. The fourth-order valence-electron chi connectivity index (χ4n) is 3.90. The molecule has 3 unspecified atom stereocenters. The number of carbonyl (C=O) groups is 1. The van der Waals surface area contributed by atoms with E-state index < -0.39 is 5.72 Å². The first-order chi connectivity index (χ1) is 11.3. The van der Waals surface area contributed by atoms with E-state index in [1.807, 2.05) is 40.9 Å². The predicted molar refractivity (Wildman–Crippen MR) is 91.8 cm³/mol. The number of para-hydroxylation sites is 1. The molecule has 0 spiro atoms. The van der Waals surface area contributed by atoms with Crippen molar-refractivity contribution in [2.75, 3.05) is 5.75 Å². The van der Waals surface area contributed by atoms with Gasteiger partial charge in [-0.1, -0.05) is 24.3 Å². The molecule has 2 aromatic rings. The van der Waals surface area contributed by atoms with E-state index in [4.69, 9.17) is 4.74 Å². The molecule has 1 aromatic carbocycles. The van der Waals surface area contributed by atoms with Gasteiger partial charge in [-0.3, -0.25) is 4.90 Å². The Morgan fingerprint density at radius 1 is 1.30 bits per heavy atom. The summed E-state index contributed by atoms with van der Waals surface area (Å²) in [4.78, 5) is 15.9. The van der Waals surface area contributed by atoms with Crippen LogP contribution >= 0.6 is 23.1 Å². The van der Waals surface area contributed by atoms with Gasteiger partial charge in [0, 0.05) is 16.9 Å². The third-order valence-corrected chi connectivity index (χ3v) is 7.22. The number of hydrogen-bond acceptors (Lipinski definition) is 4. The zero-order valence-corrected chi connectivity index (χ0v) is 14.0. The molecule has 4 nitrogen and oxygen atoms in total. The van der Waals surface area contributed by atoms with Crippen molar-refractivity contribution in [3.8, 4) is 5.75 Å². The zero-order chi connectivity index (χ0) is 15.4. The van der Waals surface area contributed by atoms with Gasteiger partial charge >= 0.3 is 6.03 Å². The molecule has 6 heteroatoms. The highest BCUT2D eigenvalue weighted by molar-refractivity contribution is 8.00. The molecule has 1 N–H and O–H groups in total. The van der Waals surface area contributed by atoms with Crippen molar-refractivity contribution in [1.29, 1.82) is 0 Å². The third kappa shape index (κ3) is 1.88. The van der Waals surface area contributed by atoms with Crippen LogP contribution in [0.1, 0.15) is 22.9 Å². The second-order valence-electron chi connectivity index (χ2n) is 6.12. The number of benzene rings is 1. The Morgan fingerprint density at radius 3 is 3.09 bits per heavy atom. The summed E-state index contributed by atoms with van der Waals surface area (Å²) in [7, 11) is 0. The van der Waals surface area contributed by atoms with Crippen LogP contribution in [0.4, 0.5) is 4.79 Å². The minimum Gasteiger partial charge on any atom is -0.466 e. The van der Waals surface area contributed by atoms with Crippen molar-refractivity contribution in [3.63, 3.8) is 0 Å². The van der Waals surface area contributed by atoms with Crippen molar-refractivity contribution < 1.29 is 9.53 Å². The fraction of sp³-hybridized carbons (Fsp3) is 0.353. The van der Waals surface area contributed by atoms with Crippen LogP contribution < -0.4 is 10.1 Å². The van der Waals surface area contributed by atoms with E-state index in [1.165, 1.54) is 4.88 Å². The van der Waals surface area contributed by atoms with Crippen LogP contribution in [0.5, 0.6) is 5.75 Å². The topological polar surface area (TPSA) is 41.6 Å². The lowest BCUT2D eigenvalue weighted by molar-refractivity contribution is -0.0919. The number of hydrogen-bond donors (Lipinski definition) is 1. The van der Waals surface area contributed by atoms with Gasteiger partial charge in [-0.05, 0) is 23.3 Å². The summed E-state index contributed by atoms with van der Waals surface area (Å²) in [6, 6.07) is 12.2. The van der Waals surface area contributed by atoms with E-state index in [9.17, 15) is 4.79 Å². The Morgan fingerprint density at radius 2 is 2.22 bits per heavy atom. The lowest BCUT2D eigenvalue weighted by Gasteiger charge is -2.53. The number of carbonyl (C=O) groups excluding carboxylic acids is 1. The van der Waals surface area contributed by atoms with Crippen molar-refractivity contribution in [1.82, 2.24) is 10.2 Å². The number of thiophene rings is 1. The molecule has 0 saturated carbocycles. The molecular formula is C17H16N2O2S2. The van der Waals surface area contributed by atoms with E-state index in [1.54, 1.807) is 11.3 Å². The monoisotopic (exact) mass is 344 g/mol. The number of thioether (sulfide) groups is 1. The molecule has 118 valence electrons. The van der Waals surface area contributed by atoms with Gasteiger partial charge in [0.1, 0.15) is 5.75 Å². The number of ether oxygens (including phenoxy) is 1. The van der Waals surface area contributed by atoms with Crippen LogP contribution in [-0.4, -0.2) is 27.7 Å². The minimum absolute atomic E-state index is 0.0170. The van der Waals surface area contributed by atoms with Crippen molar-refractivity contribution in [2.24, 2.45) is 0 Å². The zero-order valence-electron chi connectivity index (χ0n) is 12.4. The maximum Gasteiger partial charge on any atom is 0.321 e. The van der Waals surface area contributed by atoms with Crippen LogP contribution in [0.15, 0.2) is 41.8 Å². The van der Waals surface area contributed by atoms with Crippen molar-refractivity contribution in [2.45, 2.75) is 30.0 Å². The summed E-state index contributed by atoms with van der Waals surface area (Å²) in [5.74, 6) is 1.93. The Kier molecular flexibility index (Phi) is 2.94. The summed E-state index contributed by atoms with van der Waals surface area (Å²) in [5.41, 5.74) is 0.586. The number of urea groups is 1. The molecule has 3 aliphatic heterocycles. The quantitative estimate of drug-likeness (QED) is 0.905. The molecule has 5 rings (SSSR count). The highest BCUT2D eigenvalue weighted by Gasteiger charge is 2.61. The van der Waals surface area contributed by atoms with E-state index in [-0.39, 0.29) is 17.3 Å². The number of amides is 2. The highest BCUT2D eigenvalue weighted by atomic mass is 32.2. The van der Waals surface area contributed by atoms with Gasteiger partial charge in [-0.15, -0.1) is 23.1 Å². The van der Waals surface area contributed by atoms with Crippen LogP contribution in [0, 0.1) is 0 Å². The molecular weight excluding hydrogens is 328 g/mol. The van der Waals surface area contributed by atoms with Gasteiger partial charge < -0.3 is 10.1 Å². The summed E-state index contributed by atoms with van der Waals surface area (Å²) < 4.78 is 6.50. The first kappa shape index (κ1) is 13.7. The SMILES string of the molecule is O=C1NC2c3ccccc3OC3(CCSC23)N1Cc1cccs1. The van der Waals surface area contributed by atoms with Gasteiger partial charge in [0.25, 0.3) is 0 Å². The first-order valence-corrected chi connectivity index (χ1v) is 9.71. The van der Waals surface area contributed by atoms with E-state index >= 15 is 0 Å². The van der Waals surface area contributed by atoms with Crippen LogP contribution in [-0.2, 0) is 6.54 Å². The summed E-state index contributed by atoms with van der Waals surface area (Å²) in [6.45, 7) is 0.607. The maximum atomic E-state index is 12.8. The summed E-state index contributed by atoms with van der Waals surface area (Å²) >= 11 is 3.60. The smallest absolute Gasteiger partial charge is 0.321 e. The standard InChI is InChI=1S/C17H16N2O2S2/c20-16-18-14-12-5-1-2-6-13(12)21-17(7-9-23-15(14)17)19(16)10-11-4-3-8-22-11/h1-6,8,14-15H,7,9-10H2,(H,18,20). The second-order valence-corrected chi connectivity index (χ2v) is 8.40. The molecule has 1 aromatic heterocycles. The Labute approximate surface area is 142 Å². The Bertz CT molecular complexity index is 764. The molecule has 23 heavy (non-hydrogen) atoms. The normalized spacial score (nSPS) is 31.1. The molecule has 2 bridgehead atoms. The van der Waals surface area contributed by atoms with E-state index in [2.05, 4.69) is 22.8 Å². The third-order valence-electron chi connectivity index (χ3n) is 4.92. The number of rotatable bonds is 2. The number of fused-ring (bicyclic) bond motifs is 2. The van der Waals surface area contributed by atoms with Crippen LogP contribution in [0.2, 0.25) is 0 Å². The van der Waals surface area contributed by atoms with E-state index in [0.717, 1.165) is 23.5 Å². The van der Waals surface area contributed by atoms with Gasteiger partial charge in [0.15, 0.2) is 0 Å². The predicted octanol–water partition coefficient (Wildman–Crippen LogP) is 3.61. The van der Waals surface area contributed by atoms with E-state index in [0.29, 0.717) is 6.54 Å². The maximum absolute atomic E-state index is 12.8. The highest BCUT2D eigenvalue weighted by Crippen LogP contribution is 2.55. The molecule has 2 amide bonds. The molecule has 3 atom stereocenters. The van der Waals surface area contributed by atoms with Gasteiger partial charge in [-0.2, -0.15) is 0 Å². The number of nitrogens with one attached hydrogen (secondary N) is 1. The largest absolute Gasteiger partial charge is 0.466 e. The summed E-state index contributed by atoms with van der Waals surface area (Å²) in [5, 5.41) is 5.52. The Balaban J connectivity index is 1.61. The number of nitrogens with zero attached hydrogens (tertiary/aromatic N) is 1. The molecule has 3 aliphatic rings. The average molecular weight is 344 g/mol. The van der Waals surface area contributed by atoms with Crippen molar-refractivity contribution in [3.05, 3.63) is 52.2 Å². The summed E-state index contributed by atoms with van der Waals surface area (Å²) in [6.07, 6.45) is 0.881. The lowest BCUT2D eigenvalue weighted by atomic mass is 9.87. The van der Waals surface area contributed by atoms with Crippen LogP contribution in [0.3, 0.4) is 0 Å². The first-order valence-electron chi connectivity index (χ1n) is 7.78. The Hall–Kier alpha value is -1.66. The lowest BCUT2D eigenvalue weighted by Crippen LogP contribution is -2.70. The molecule has 2 fully saturated rings. The van der Waals surface area contributed by atoms with Gasteiger partial charge in [0.2, 0.25) is 5.72 Å². The average Bonchev–Trinajstić information content (AvgIpc) is 3.21. The molecule has 4 heterocycles. The minimum atomic E-state index is -0.518.